The first-order chi connectivity index (χ1) is 8.65. The second-order valence-corrected chi connectivity index (χ2v) is 4.13. The van der Waals surface area contributed by atoms with Crippen LogP contribution in [-0.2, 0) is 16.1 Å². The minimum atomic E-state index is -0.283. The van der Waals surface area contributed by atoms with Crippen LogP contribution in [0.3, 0.4) is 0 Å². The summed E-state index contributed by atoms with van der Waals surface area (Å²) in [6.07, 6.45) is 3.06. The van der Waals surface area contributed by atoms with Gasteiger partial charge in [-0.2, -0.15) is 0 Å². The maximum Gasteiger partial charge on any atom is 0.251 e. The minimum Gasteiger partial charge on any atom is -0.402 e. The van der Waals surface area contributed by atoms with Gasteiger partial charge in [0, 0.05) is 17.8 Å². The number of ketones is 1. The van der Waals surface area contributed by atoms with Crippen molar-refractivity contribution in [2.75, 3.05) is 0 Å². The van der Waals surface area contributed by atoms with Crippen molar-refractivity contribution in [2.45, 2.75) is 13.0 Å². The number of nitrogens with two attached hydrogens (primary N) is 1. The first-order valence-electron chi connectivity index (χ1n) is 5.68. The Morgan fingerprint density at radius 3 is 2.61 bits per heavy atom. The smallest absolute Gasteiger partial charge is 0.251 e. The molecule has 0 atom stereocenters. The van der Waals surface area contributed by atoms with Gasteiger partial charge in [-0.1, -0.05) is 30.3 Å². The molecule has 0 aromatic heterocycles. The highest BCUT2D eigenvalue weighted by Gasteiger charge is 2.15. The van der Waals surface area contributed by atoms with Gasteiger partial charge in [0.15, 0.2) is 5.78 Å². The van der Waals surface area contributed by atoms with Crippen LogP contribution in [0.5, 0.6) is 0 Å². The SMILES string of the molecule is NC1=CC(C(=O)NCc2ccccc2)=CC(=O)C1. The Kier molecular flexibility index (Phi) is 3.57. The zero-order valence-corrected chi connectivity index (χ0v) is 9.85. The Hall–Kier alpha value is -2.36. The van der Waals surface area contributed by atoms with Crippen molar-refractivity contribution in [1.29, 1.82) is 0 Å². The first-order valence-corrected chi connectivity index (χ1v) is 5.68. The number of benzene rings is 1. The third kappa shape index (κ3) is 3.07. The van der Waals surface area contributed by atoms with Crippen LogP contribution < -0.4 is 11.1 Å². The highest BCUT2D eigenvalue weighted by atomic mass is 16.2. The predicted octanol–water partition coefficient (Wildman–Crippen LogP) is 1.04. The Morgan fingerprint density at radius 2 is 1.94 bits per heavy atom. The van der Waals surface area contributed by atoms with Gasteiger partial charge in [-0.05, 0) is 17.7 Å². The molecule has 0 fully saturated rings. The highest BCUT2D eigenvalue weighted by Crippen LogP contribution is 2.11. The van der Waals surface area contributed by atoms with Crippen LogP contribution in [0.15, 0.2) is 53.8 Å². The van der Waals surface area contributed by atoms with Crippen LogP contribution in [-0.4, -0.2) is 11.7 Å². The molecule has 2 rings (SSSR count). The maximum atomic E-state index is 11.8. The van der Waals surface area contributed by atoms with Crippen molar-refractivity contribution in [3.63, 3.8) is 0 Å². The van der Waals surface area contributed by atoms with Crippen LogP contribution in [0, 0.1) is 0 Å². The lowest BCUT2D eigenvalue weighted by Crippen LogP contribution is -2.26. The third-order valence-corrected chi connectivity index (χ3v) is 2.59. The fourth-order valence-corrected chi connectivity index (χ4v) is 1.73. The Morgan fingerprint density at radius 1 is 1.22 bits per heavy atom. The van der Waals surface area contributed by atoms with Gasteiger partial charge < -0.3 is 11.1 Å². The number of carbonyl (C=O) groups is 2. The standard InChI is InChI=1S/C14H14N2O2/c15-12-6-11(7-13(17)8-12)14(18)16-9-10-4-2-1-3-5-10/h1-7H,8-9,15H2,(H,16,18). The molecule has 0 spiro atoms. The van der Waals surface area contributed by atoms with Crippen molar-refractivity contribution < 1.29 is 9.59 Å². The molecule has 0 saturated carbocycles. The highest BCUT2D eigenvalue weighted by molar-refractivity contribution is 6.06. The van der Waals surface area contributed by atoms with E-state index in [-0.39, 0.29) is 18.1 Å². The van der Waals surface area contributed by atoms with Gasteiger partial charge in [0.2, 0.25) is 0 Å². The van der Waals surface area contributed by atoms with E-state index in [0.717, 1.165) is 5.56 Å². The summed E-state index contributed by atoms with van der Waals surface area (Å²) in [5, 5.41) is 2.75. The monoisotopic (exact) mass is 242 g/mol. The molecule has 4 heteroatoms. The quantitative estimate of drug-likeness (QED) is 0.832. The molecule has 1 aromatic carbocycles. The van der Waals surface area contributed by atoms with Crippen LogP contribution in [0.1, 0.15) is 12.0 Å². The number of hydrogen-bond donors (Lipinski definition) is 2. The number of amides is 1. The first kappa shape index (κ1) is 12.1. The Balaban J connectivity index is 1.99. The second-order valence-electron chi connectivity index (χ2n) is 4.13. The number of allylic oxidation sites excluding steroid dienone is 2. The van der Waals surface area contributed by atoms with Crippen molar-refractivity contribution >= 4 is 11.7 Å². The van der Waals surface area contributed by atoms with Gasteiger partial charge in [0.05, 0.1) is 6.42 Å². The lowest BCUT2D eigenvalue weighted by Gasteiger charge is -2.10. The van der Waals surface area contributed by atoms with Gasteiger partial charge in [0.1, 0.15) is 0 Å². The molecule has 0 bridgehead atoms. The Bertz CT molecular complexity index is 530. The van der Waals surface area contributed by atoms with E-state index in [9.17, 15) is 9.59 Å². The van der Waals surface area contributed by atoms with Gasteiger partial charge >= 0.3 is 0 Å². The van der Waals surface area contributed by atoms with Crippen LogP contribution in [0.2, 0.25) is 0 Å². The molecule has 1 aliphatic rings. The molecule has 0 saturated heterocycles. The minimum absolute atomic E-state index is 0.139. The molecule has 18 heavy (non-hydrogen) atoms. The molecular weight excluding hydrogens is 228 g/mol. The summed E-state index contributed by atoms with van der Waals surface area (Å²) in [6, 6.07) is 9.57. The van der Waals surface area contributed by atoms with E-state index >= 15 is 0 Å². The Labute approximate surface area is 105 Å². The molecule has 0 radical (unpaired) electrons. The van der Waals surface area contributed by atoms with E-state index in [1.165, 1.54) is 6.08 Å². The summed E-state index contributed by atoms with van der Waals surface area (Å²) < 4.78 is 0. The zero-order valence-electron chi connectivity index (χ0n) is 9.85. The lowest BCUT2D eigenvalue weighted by molar-refractivity contribution is -0.118. The average Bonchev–Trinajstić information content (AvgIpc) is 2.36. The van der Waals surface area contributed by atoms with Crippen LogP contribution in [0.25, 0.3) is 0 Å². The normalized spacial score (nSPS) is 14.8. The van der Waals surface area contributed by atoms with Crippen molar-refractivity contribution in [2.24, 2.45) is 5.73 Å². The van der Waals surface area contributed by atoms with E-state index in [4.69, 9.17) is 5.73 Å². The summed E-state index contributed by atoms with van der Waals surface area (Å²) in [7, 11) is 0. The number of hydrogen-bond acceptors (Lipinski definition) is 3. The van der Waals surface area contributed by atoms with Gasteiger partial charge in [-0.3, -0.25) is 9.59 Å². The maximum absolute atomic E-state index is 11.8. The van der Waals surface area contributed by atoms with E-state index in [1.54, 1.807) is 6.08 Å². The summed E-state index contributed by atoms with van der Waals surface area (Å²) >= 11 is 0. The summed E-state index contributed by atoms with van der Waals surface area (Å²) in [6.45, 7) is 0.430. The molecule has 0 aliphatic heterocycles. The molecule has 92 valence electrons. The van der Waals surface area contributed by atoms with Crippen molar-refractivity contribution in [3.05, 3.63) is 59.3 Å². The van der Waals surface area contributed by atoms with E-state index in [2.05, 4.69) is 5.32 Å². The molecule has 0 heterocycles. The number of carbonyl (C=O) groups excluding carboxylic acids is 2. The van der Waals surface area contributed by atoms with Crippen LogP contribution >= 0.6 is 0 Å². The lowest BCUT2D eigenvalue weighted by atomic mass is 10.0. The topological polar surface area (TPSA) is 72.2 Å². The average molecular weight is 242 g/mol. The molecule has 0 unspecified atom stereocenters. The predicted molar refractivity (Wildman–Crippen MR) is 68.3 cm³/mol. The van der Waals surface area contributed by atoms with E-state index in [1.807, 2.05) is 30.3 Å². The number of nitrogens with one attached hydrogen (secondary N) is 1. The van der Waals surface area contributed by atoms with Crippen LogP contribution in [0.4, 0.5) is 0 Å². The zero-order chi connectivity index (χ0) is 13.0. The molecular formula is C14H14N2O2. The largest absolute Gasteiger partial charge is 0.402 e. The summed E-state index contributed by atoms with van der Waals surface area (Å²) in [4.78, 5) is 23.1. The third-order valence-electron chi connectivity index (χ3n) is 2.59. The van der Waals surface area contributed by atoms with E-state index in [0.29, 0.717) is 17.8 Å². The molecule has 1 aromatic rings. The van der Waals surface area contributed by atoms with Gasteiger partial charge in [-0.15, -0.1) is 0 Å². The van der Waals surface area contributed by atoms with Crippen molar-refractivity contribution in [1.82, 2.24) is 5.32 Å². The molecule has 1 aliphatic carbocycles. The summed E-state index contributed by atoms with van der Waals surface area (Å²) in [5.74, 6) is -0.422. The summed E-state index contributed by atoms with van der Waals surface area (Å²) in [5.41, 5.74) is 7.33. The van der Waals surface area contributed by atoms with Crippen molar-refractivity contribution in [3.8, 4) is 0 Å². The van der Waals surface area contributed by atoms with Gasteiger partial charge in [-0.25, -0.2) is 0 Å². The molecule has 4 nitrogen and oxygen atoms in total. The second kappa shape index (κ2) is 5.31. The van der Waals surface area contributed by atoms with E-state index < -0.39 is 0 Å². The fourth-order valence-electron chi connectivity index (χ4n) is 1.73. The molecule has 3 N–H and O–H groups in total. The molecule has 1 amide bonds. The van der Waals surface area contributed by atoms with Gasteiger partial charge in [0.25, 0.3) is 5.91 Å². The fraction of sp³-hybridized carbons (Fsp3) is 0.143. The number of rotatable bonds is 3.